The fourth-order valence-electron chi connectivity index (χ4n) is 3.08. The maximum Gasteiger partial charge on any atom is 0.100 e. The molecule has 1 heterocycles. The Morgan fingerprint density at radius 2 is 1.59 bits per heavy atom. The fourth-order valence-corrected chi connectivity index (χ4v) is 3.08. The lowest BCUT2D eigenvalue weighted by Crippen LogP contribution is -2.35. The van der Waals surface area contributed by atoms with E-state index in [1.54, 1.807) is 0 Å². The number of nitrogens with zero attached hydrogens (tertiary/aromatic N) is 1. The summed E-state index contributed by atoms with van der Waals surface area (Å²) in [5.41, 5.74) is 2.41. The first kappa shape index (κ1) is 15.2. The molecule has 2 aromatic carbocycles. The van der Waals surface area contributed by atoms with Gasteiger partial charge in [0.15, 0.2) is 0 Å². The number of ether oxygens (including phenoxy) is 1. The van der Waals surface area contributed by atoms with Gasteiger partial charge in [0.25, 0.3) is 0 Å². The molecule has 0 radical (unpaired) electrons. The zero-order valence-electron chi connectivity index (χ0n) is 12.9. The van der Waals surface area contributed by atoms with Crippen LogP contribution in [0.5, 0.6) is 0 Å². The van der Waals surface area contributed by atoms with Crippen LogP contribution in [0.1, 0.15) is 18.1 Å². The second-order valence-electron chi connectivity index (χ2n) is 5.98. The highest BCUT2D eigenvalue weighted by molar-refractivity contribution is 5.16. The van der Waals surface area contributed by atoms with E-state index in [9.17, 15) is 5.11 Å². The van der Waals surface area contributed by atoms with Crippen molar-refractivity contribution >= 4 is 0 Å². The van der Waals surface area contributed by atoms with Crippen LogP contribution < -0.4 is 0 Å². The van der Waals surface area contributed by atoms with Gasteiger partial charge in [-0.3, -0.25) is 4.90 Å². The van der Waals surface area contributed by atoms with Gasteiger partial charge >= 0.3 is 0 Å². The van der Waals surface area contributed by atoms with Crippen LogP contribution >= 0.6 is 0 Å². The predicted octanol–water partition coefficient (Wildman–Crippen LogP) is 2.84. The van der Waals surface area contributed by atoms with E-state index >= 15 is 0 Å². The highest BCUT2D eigenvalue weighted by Gasteiger charge is 2.38. The van der Waals surface area contributed by atoms with Crippen molar-refractivity contribution in [3.05, 3.63) is 71.8 Å². The monoisotopic (exact) mass is 297 g/mol. The number of likely N-dealkylation sites (tertiary alicyclic amines) is 1. The molecule has 1 aliphatic heterocycles. The maximum absolute atomic E-state index is 10.3. The number of hydrogen-bond acceptors (Lipinski definition) is 3. The van der Waals surface area contributed by atoms with Crippen LogP contribution in [0, 0.1) is 0 Å². The summed E-state index contributed by atoms with van der Waals surface area (Å²) in [6.07, 6.45) is -0.564. The van der Waals surface area contributed by atoms with Gasteiger partial charge in [0.05, 0.1) is 12.7 Å². The molecule has 3 nitrogen and oxygen atoms in total. The molecule has 0 spiro atoms. The summed E-state index contributed by atoms with van der Waals surface area (Å²) < 4.78 is 5.99. The molecule has 0 bridgehead atoms. The average molecular weight is 297 g/mol. The topological polar surface area (TPSA) is 32.7 Å². The molecule has 0 saturated carbocycles. The third kappa shape index (κ3) is 3.55. The Balaban J connectivity index is 1.59. The van der Waals surface area contributed by atoms with Crippen LogP contribution in [0.2, 0.25) is 0 Å². The summed E-state index contributed by atoms with van der Waals surface area (Å²) in [7, 11) is 0. The number of benzene rings is 2. The van der Waals surface area contributed by atoms with Crippen molar-refractivity contribution in [2.45, 2.75) is 38.3 Å². The van der Waals surface area contributed by atoms with E-state index in [-0.39, 0.29) is 12.1 Å². The van der Waals surface area contributed by atoms with Gasteiger partial charge in [-0.05, 0) is 18.1 Å². The summed E-state index contributed by atoms with van der Waals surface area (Å²) >= 11 is 0. The summed E-state index contributed by atoms with van der Waals surface area (Å²) in [5.74, 6) is 0. The maximum atomic E-state index is 10.3. The normalized spacial score (nSPS) is 25.5. The van der Waals surface area contributed by atoms with Gasteiger partial charge in [-0.25, -0.2) is 0 Å². The van der Waals surface area contributed by atoms with Crippen molar-refractivity contribution in [3.63, 3.8) is 0 Å². The minimum atomic E-state index is -0.428. The SMILES string of the molecule is C[C@@H]1[C@H](OCc2ccccc2)[C@@H](O)CN1Cc1ccccc1. The van der Waals surface area contributed by atoms with Gasteiger partial charge in [-0.15, -0.1) is 0 Å². The van der Waals surface area contributed by atoms with Crippen LogP contribution in [0.25, 0.3) is 0 Å². The lowest BCUT2D eigenvalue weighted by molar-refractivity contribution is -0.0332. The van der Waals surface area contributed by atoms with Crippen molar-refractivity contribution in [1.29, 1.82) is 0 Å². The lowest BCUT2D eigenvalue weighted by atomic mass is 10.1. The standard InChI is InChI=1S/C19H23NO2/c1-15-19(22-14-17-10-6-3-7-11-17)18(21)13-20(15)12-16-8-4-2-5-9-16/h2-11,15,18-19,21H,12-14H2,1H3/t15-,18+,19+/m1/s1. The zero-order valence-corrected chi connectivity index (χ0v) is 12.9. The van der Waals surface area contributed by atoms with Gasteiger partial charge in [-0.2, -0.15) is 0 Å². The summed E-state index contributed by atoms with van der Waals surface area (Å²) in [6, 6.07) is 20.7. The summed E-state index contributed by atoms with van der Waals surface area (Å²) in [6.45, 7) is 4.20. The molecule has 1 saturated heterocycles. The van der Waals surface area contributed by atoms with Gasteiger partial charge in [-0.1, -0.05) is 60.7 Å². The van der Waals surface area contributed by atoms with Crippen LogP contribution in [0.3, 0.4) is 0 Å². The molecule has 3 atom stereocenters. The second kappa shape index (κ2) is 7.05. The number of aliphatic hydroxyl groups is 1. The number of hydrogen-bond donors (Lipinski definition) is 1. The molecule has 3 rings (SSSR count). The second-order valence-corrected chi connectivity index (χ2v) is 5.98. The van der Waals surface area contributed by atoms with E-state index in [4.69, 9.17) is 4.74 Å². The van der Waals surface area contributed by atoms with E-state index in [2.05, 4.69) is 36.1 Å². The molecular formula is C19H23NO2. The average Bonchev–Trinajstić information content (AvgIpc) is 2.81. The molecule has 22 heavy (non-hydrogen) atoms. The molecule has 0 unspecified atom stereocenters. The Bertz CT molecular complexity index is 573. The predicted molar refractivity (Wildman–Crippen MR) is 87.3 cm³/mol. The van der Waals surface area contributed by atoms with Crippen molar-refractivity contribution < 1.29 is 9.84 Å². The van der Waals surface area contributed by atoms with Crippen LogP contribution in [0.4, 0.5) is 0 Å². The van der Waals surface area contributed by atoms with Crippen LogP contribution in [0.15, 0.2) is 60.7 Å². The number of rotatable bonds is 5. The Kier molecular flexibility index (Phi) is 4.88. The number of aliphatic hydroxyl groups excluding tert-OH is 1. The van der Waals surface area contributed by atoms with E-state index in [0.717, 1.165) is 12.1 Å². The largest absolute Gasteiger partial charge is 0.389 e. The molecule has 1 fully saturated rings. The van der Waals surface area contributed by atoms with Crippen LogP contribution in [-0.4, -0.2) is 34.8 Å². The lowest BCUT2D eigenvalue weighted by Gasteiger charge is -2.24. The van der Waals surface area contributed by atoms with Crippen molar-refractivity contribution in [2.24, 2.45) is 0 Å². The van der Waals surface area contributed by atoms with Gasteiger partial charge in [0.2, 0.25) is 0 Å². The van der Waals surface area contributed by atoms with Gasteiger partial charge in [0.1, 0.15) is 6.10 Å². The zero-order chi connectivity index (χ0) is 15.4. The summed E-state index contributed by atoms with van der Waals surface area (Å²) in [5, 5.41) is 10.3. The molecule has 0 amide bonds. The Hall–Kier alpha value is -1.68. The Morgan fingerprint density at radius 1 is 1.00 bits per heavy atom. The van der Waals surface area contributed by atoms with Gasteiger partial charge in [0, 0.05) is 19.1 Å². The minimum Gasteiger partial charge on any atom is -0.389 e. The van der Waals surface area contributed by atoms with E-state index in [1.807, 2.05) is 36.4 Å². The molecule has 0 aromatic heterocycles. The Labute approximate surface area is 132 Å². The van der Waals surface area contributed by atoms with E-state index in [1.165, 1.54) is 5.56 Å². The van der Waals surface area contributed by atoms with Gasteiger partial charge < -0.3 is 9.84 Å². The first-order chi connectivity index (χ1) is 10.7. The van der Waals surface area contributed by atoms with E-state index < -0.39 is 6.10 Å². The molecule has 2 aromatic rings. The van der Waals surface area contributed by atoms with Crippen molar-refractivity contribution in [3.8, 4) is 0 Å². The quantitative estimate of drug-likeness (QED) is 0.921. The third-order valence-corrected chi connectivity index (χ3v) is 4.37. The fraction of sp³-hybridized carbons (Fsp3) is 0.368. The first-order valence-corrected chi connectivity index (χ1v) is 7.85. The molecule has 3 heteroatoms. The molecule has 0 aliphatic carbocycles. The minimum absolute atomic E-state index is 0.135. The number of β-amino-alcohol motifs (C(OH)–C–C–N with tert-alkyl or cyclic N) is 1. The Morgan fingerprint density at radius 3 is 2.23 bits per heavy atom. The third-order valence-electron chi connectivity index (χ3n) is 4.37. The first-order valence-electron chi connectivity index (χ1n) is 7.85. The van der Waals surface area contributed by atoms with Crippen molar-refractivity contribution in [2.75, 3.05) is 6.54 Å². The molecular weight excluding hydrogens is 274 g/mol. The highest BCUT2D eigenvalue weighted by Crippen LogP contribution is 2.24. The smallest absolute Gasteiger partial charge is 0.100 e. The highest BCUT2D eigenvalue weighted by atomic mass is 16.5. The van der Waals surface area contributed by atoms with Crippen LogP contribution in [-0.2, 0) is 17.9 Å². The van der Waals surface area contributed by atoms with Crippen molar-refractivity contribution in [1.82, 2.24) is 4.90 Å². The molecule has 116 valence electrons. The van der Waals surface area contributed by atoms with E-state index in [0.29, 0.717) is 13.2 Å². The summed E-state index contributed by atoms with van der Waals surface area (Å²) in [4.78, 5) is 2.29. The molecule has 1 N–H and O–H groups in total. The molecule has 1 aliphatic rings.